The van der Waals surface area contributed by atoms with Crippen LogP contribution in [0.1, 0.15) is 6.42 Å². The van der Waals surface area contributed by atoms with Gasteiger partial charge in [-0.1, -0.05) is 0 Å². The van der Waals surface area contributed by atoms with E-state index in [9.17, 15) is 8.78 Å². The van der Waals surface area contributed by atoms with Gasteiger partial charge in [0, 0.05) is 32.3 Å². The van der Waals surface area contributed by atoms with Gasteiger partial charge in [0.15, 0.2) is 11.6 Å². The summed E-state index contributed by atoms with van der Waals surface area (Å²) in [6.07, 6.45) is 2.49. The molecular weight excluding hydrogens is 252 g/mol. The maximum Gasteiger partial charge on any atom is 0.161 e. The molecule has 104 valence electrons. The minimum atomic E-state index is -0.862. The van der Waals surface area contributed by atoms with Gasteiger partial charge in [-0.3, -0.25) is 0 Å². The van der Waals surface area contributed by atoms with Crippen LogP contribution in [0.15, 0.2) is 18.5 Å². The maximum atomic E-state index is 13.2. The predicted molar refractivity (Wildman–Crippen MR) is 69.0 cm³/mol. The molecule has 0 spiro atoms. The first kappa shape index (κ1) is 13.9. The van der Waals surface area contributed by atoms with Crippen LogP contribution in [0.4, 0.5) is 8.78 Å². The highest BCUT2D eigenvalue weighted by atomic mass is 19.2. The van der Waals surface area contributed by atoms with Gasteiger partial charge in [0.25, 0.3) is 0 Å². The van der Waals surface area contributed by atoms with Gasteiger partial charge >= 0.3 is 0 Å². The largest absolute Gasteiger partial charge is 0.383 e. The van der Waals surface area contributed by atoms with Gasteiger partial charge in [-0.05, 0) is 13.0 Å². The Morgan fingerprint density at radius 3 is 2.84 bits per heavy atom. The Morgan fingerprint density at radius 1 is 1.26 bits per heavy atom. The number of aryl methyl sites for hydroxylation is 1. The van der Waals surface area contributed by atoms with Crippen LogP contribution in [0.2, 0.25) is 0 Å². The Labute approximate surface area is 110 Å². The topological polar surface area (TPSA) is 39.1 Å². The van der Waals surface area contributed by atoms with Crippen LogP contribution in [-0.2, 0) is 11.3 Å². The molecule has 0 radical (unpaired) electrons. The molecule has 0 bridgehead atoms. The maximum absolute atomic E-state index is 13.2. The van der Waals surface area contributed by atoms with Gasteiger partial charge in [-0.2, -0.15) is 0 Å². The molecule has 2 rings (SSSR count). The summed E-state index contributed by atoms with van der Waals surface area (Å²) < 4.78 is 33.0. The van der Waals surface area contributed by atoms with Crippen LogP contribution in [-0.4, -0.2) is 36.4 Å². The van der Waals surface area contributed by atoms with Gasteiger partial charge in [0.1, 0.15) is 0 Å². The third-order valence-corrected chi connectivity index (χ3v) is 2.90. The molecular formula is C13H17F2N3O. The van der Waals surface area contributed by atoms with Crippen LogP contribution in [0.3, 0.4) is 0 Å². The molecule has 0 aliphatic rings. The van der Waals surface area contributed by atoms with E-state index < -0.39 is 11.6 Å². The highest BCUT2D eigenvalue weighted by Crippen LogP contribution is 2.17. The van der Waals surface area contributed by atoms with Crippen molar-refractivity contribution in [1.29, 1.82) is 0 Å². The number of benzene rings is 1. The summed E-state index contributed by atoms with van der Waals surface area (Å²) in [5.41, 5.74) is 1.10. The number of halogens is 2. The van der Waals surface area contributed by atoms with Crippen LogP contribution < -0.4 is 5.32 Å². The normalized spacial score (nSPS) is 11.3. The predicted octanol–water partition coefficient (Wildman–Crippen LogP) is 1.94. The average molecular weight is 269 g/mol. The lowest BCUT2D eigenvalue weighted by molar-refractivity contribution is 0.199. The third-order valence-electron chi connectivity index (χ3n) is 2.90. The van der Waals surface area contributed by atoms with Crippen LogP contribution in [0, 0.1) is 11.6 Å². The Kier molecular flexibility index (Phi) is 4.81. The molecule has 0 saturated carbocycles. The molecule has 4 nitrogen and oxygen atoms in total. The molecule has 1 aromatic heterocycles. The first-order chi connectivity index (χ1) is 9.22. The lowest BCUT2D eigenvalue weighted by Gasteiger charge is -2.06. The molecule has 0 fully saturated rings. The lowest BCUT2D eigenvalue weighted by atomic mass is 10.3. The fourth-order valence-electron chi connectivity index (χ4n) is 1.91. The molecule has 1 N–H and O–H groups in total. The SMILES string of the molecule is COCCNCCCn1cnc2cc(F)c(F)cc21. The Hall–Kier alpha value is -1.53. The van der Waals surface area contributed by atoms with Gasteiger partial charge in [0.2, 0.25) is 0 Å². The molecule has 0 amide bonds. The Bertz CT molecular complexity index is 542. The second kappa shape index (κ2) is 6.58. The van der Waals surface area contributed by atoms with E-state index in [0.717, 1.165) is 25.6 Å². The summed E-state index contributed by atoms with van der Waals surface area (Å²) in [7, 11) is 1.66. The molecule has 0 unspecified atom stereocenters. The first-order valence-electron chi connectivity index (χ1n) is 6.22. The first-order valence-corrected chi connectivity index (χ1v) is 6.22. The average Bonchev–Trinajstić information content (AvgIpc) is 2.77. The number of hydrogen-bond donors (Lipinski definition) is 1. The number of imidazole rings is 1. The van der Waals surface area contributed by atoms with Crippen LogP contribution in [0.25, 0.3) is 11.0 Å². The van der Waals surface area contributed by atoms with E-state index in [1.54, 1.807) is 13.4 Å². The van der Waals surface area contributed by atoms with Crippen molar-refractivity contribution < 1.29 is 13.5 Å². The summed E-state index contributed by atoms with van der Waals surface area (Å²) in [4.78, 5) is 4.06. The summed E-state index contributed by atoms with van der Waals surface area (Å²) in [5.74, 6) is -1.70. The van der Waals surface area contributed by atoms with E-state index in [1.807, 2.05) is 4.57 Å². The van der Waals surface area contributed by atoms with Gasteiger partial charge < -0.3 is 14.6 Å². The van der Waals surface area contributed by atoms with E-state index in [1.165, 1.54) is 6.07 Å². The quantitative estimate of drug-likeness (QED) is 0.781. The van der Waals surface area contributed by atoms with Crippen molar-refractivity contribution in [3.05, 3.63) is 30.1 Å². The van der Waals surface area contributed by atoms with Crippen molar-refractivity contribution in [1.82, 2.24) is 14.9 Å². The molecule has 19 heavy (non-hydrogen) atoms. The second-order valence-corrected chi connectivity index (χ2v) is 4.29. The number of ether oxygens (including phenoxy) is 1. The lowest BCUT2D eigenvalue weighted by Crippen LogP contribution is -2.21. The van der Waals surface area contributed by atoms with Crippen molar-refractivity contribution in [3.8, 4) is 0 Å². The summed E-state index contributed by atoms with van der Waals surface area (Å²) in [5, 5.41) is 3.22. The minimum absolute atomic E-state index is 0.478. The molecule has 0 aliphatic carbocycles. The van der Waals surface area contributed by atoms with E-state index in [2.05, 4.69) is 10.3 Å². The molecule has 0 atom stereocenters. The number of methoxy groups -OCH3 is 1. The number of rotatable bonds is 7. The molecule has 2 aromatic rings. The molecule has 1 heterocycles. The van der Waals surface area contributed by atoms with Crippen molar-refractivity contribution in [3.63, 3.8) is 0 Å². The summed E-state index contributed by atoms with van der Waals surface area (Å²) >= 11 is 0. The molecule has 6 heteroatoms. The minimum Gasteiger partial charge on any atom is -0.383 e. The van der Waals surface area contributed by atoms with Gasteiger partial charge in [0.05, 0.1) is 24.0 Å². The number of hydrogen-bond acceptors (Lipinski definition) is 3. The summed E-state index contributed by atoms with van der Waals surface area (Å²) in [6.45, 7) is 3.04. The van der Waals surface area contributed by atoms with Crippen molar-refractivity contribution in [2.24, 2.45) is 0 Å². The second-order valence-electron chi connectivity index (χ2n) is 4.29. The zero-order chi connectivity index (χ0) is 13.7. The molecule has 0 aliphatic heterocycles. The third kappa shape index (κ3) is 3.48. The fourth-order valence-corrected chi connectivity index (χ4v) is 1.91. The molecule has 1 aromatic carbocycles. The van der Waals surface area contributed by atoms with E-state index >= 15 is 0 Å². The number of aromatic nitrogens is 2. The number of fused-ring (bicyclic) bond motifs is 1. The van der Waals surface area contributed by atoms with Gasteiger partial charge in [-0.25, -0.2) is 13.8 Å². The van der Waals surface area contributed by atoms with Crippen LogP contribution in [0.5, 0.6) is 0 Å². The van der Waals surface area contributed by atoms with Crippen molar-refractivity contribution in [2.45, 2.75) is 13.0 Å². The van der Waals surface area contributed by atoms with Crippen molar-refractivity contribution in [2.75, 3.05) is 26.8 Å². The standard InChI is InChI=1S/C13H17F2N3O/c1-19-6-4-16-3-2-5-18-9-17-12-7-10(14)11(15)8-13(12)18/h7-9,16H,2-6H2,1H3. The summed E-state index contributed by atoms with van der Waals surface area (Å²) in [6, 6.07) is 2.31. The number of nitrogens with one attached hydrogen (secondary N) is 1. The fraction of sp³-hybridized carbons (Fsp3) is 0.462. The van der Waals surface area contributed by atoms with Crippen LogP contribution >= 0.6 is 0 Å². The highest BCUT2D eigenvalue weighted by Gasteiger charge is 2.08. The monoisotopic (exact) mass is 269 g/mol. The molecule has 0 saturated heterocycles. The Morgan fingerprint density at radius 2 is 2.05 bits per heavy atom. The Balaban J connectivity index is 1.92. The smallest absolute Gasteiger partial charge is 0.161 e. The van der Waals surface area contributed by atoms with E-state index in [-0.39, 0.29) is 0 Å². The zero-order valence-corrected chi connectivity index (χ0v) is 10.8. The van der Waals surface area contributed by atoms with E-state index in [0.29, 0.717) is 24.2 Å². The zero-order valence-electron chi connectivity index (χ0n) is 10.8. The highest BCUT2D eigenvalue weighted by molar-refractivity contribution is 5.75. The van der Waals surface area contributed by atoms with Gasteiger partial charge in [-0.15, -0.1) is 0 Å². The number of nitrogens with zero attached hydrogens (tertiary/aromatic N) is 2. The van der Waals surface area contributed by atoms with E-state index in [4.69, 9.17) is 4.74 Å². The van der Waals surface area contributed by atoms with Crippen molar-refractivity contribution >= 4 is 11.0 Å².